The van der Waals surface area contributed by atoms with Crippen LogP contribution in [0.25, 0.3) is 11.0 Å². The molecule has 0 N–H and O–H groups in total. The number of fused-ring (bicyclic) bond motifs is 1. The van der Waals surface area contributed by atoms with E-state index in [1.54, 1.807) is 13.1 Å². The lowest BCUT2D eigenvalue weighted by molar-refractivity contribution is -0.116. The molecule has 2 aromatic heterocycles. The molecule has 0 amide bonds. The van der Waals surface area contributed by atoms with E-state index in [0.29, 0.717) is 16.6 Å². The van der Waals surface area contributed by atoms with Gasteiger partial charge in [-0.25, -0.2) is 9.78 Å². The van der Waals surface area contributed by atoms with Crippen molar-refractivity contribution in [2.75, 3.05) is 0 Å². The predicted octanol–water partition coefficient (Wildman–Crippen LogP) is -0.236. The van der Waals surface area contributed by atoms with Gasteiger partial charge in [-0.3, -0.25) is 18.7 Å². The predicted molar refractivity (Wildman–Crippen MR) is 66.6 cm³/mol. The minimum absolute atomic E-state index is 0.00204. The quantitative estimate of drug-likeness (QED) is 0.734. The first kappa shape index (κ1) is 12.2. The maximum absolute atomic E-state index is 12.0. The van der Waals surface area contributed by atoms with Crippen LogP contribution in [0.5, 0.6) is 0 Å². The minimum atomic E-state index is -0.417. The first-order chi connectivity index (χ1) is 8.41. The Balaban J connectivity index is 2.82. The molecule has 94 valence electrons. The molecule has 0 saturated heterocycles. The molecule has 0 spiro atoms. The summed E-state index contributed by atoms with van der Waals surface area (Å²) in [5, 5.41) is 0.346. The van der Waals surface area contributed by atoms with Gasteiger partial charge in [0.25, 0.3) is 5.56 Å². The van der Waals surface area contributed by atoms with E-state index < -0.39 is 11.2 Å². The first-order valence-electron chi connectivity index (χ1n) is 5.46. The SMILES string of the molecule is CC(=O)Cc1cnc2c(c1)c(=O)n(C)c(=O)n2C. The van der Waals surface area contributed by atoms with Gasteiger partial charge in [-0.2, -0.15) is 0 Å². The summed E-state index contributed by atoms with van der Waals surface area (Å²) in [7, 11) is 2.98. The number of hydrogen-bond donors (Lipinski definition) is 0. The summed E-state index contributed by atoms with van der Waals surface area (Å²) in [5.41, 5.74) is 0.187. The Morgan fingerprint density at radius 2 is 1.94 bits per heavy atom. The van der Waals surface area contributed by atoms with E-state index in [0.717, 1.165) is 4.57 Å². The van der Waals surface area contributed by atoms with Crippen LogP contribution in [0, 0.1) is 0 Å². The summed E-state index contributed by atoms with van der Waals surface area (Å²) in [6, 6.07) is 1.62. The van der Waals surface area contributed by atoms with Gasteiger partial charge in [0, 0.05) is 26.7 Å². The van der Waals surface area contributed by atoms with Crippen LogP contribution in [-0.2, 0) is 25.3 Å². The van der Waals surface area contributed by atoms with Crippen molar-refractivity contribution in [3.63, 3.8) is 0 Å². The molecule has 0 aliphatic heterocycles. The van der Waals surface area contributed by atoms with Crippen LogP contribution < -0.4 is 11.2 Å². The van der Waals surface area contributed by atoms with Crippen molar-refractivity contribution in [1.29, 1.82) is 0 Å². The number of nitrogens with zero attached hydrogens (tertiary/aromatic N) is 3. The van der Waals surface area contributed by atoms with Crippen LogP contribution in [0.2, 0.25) is 0 Å². The van der Waals surface area contributed by atoms with Crippen molar-refractivity contribution in [2.45, 2.75) is 13.3 Å². The van der Waals surface area contributed by atoms with Gasteiger partial charge in [-0.05, 0) is 18.6 Å². The van der Waals surface area contributed by atoms with Crippen LogP contribution in [0.4, 0.5) is 0 Å². The molecule has 2 aromatic rings. The molecule has 0 aromatic carbocycles. The minimum Gasteiger partial charge on any atom is -0.300 e. The number of carbonyl (C=O) groups excluding carboxylic acids is 1. The third-order valence-corrected chi connectivity index (χ3v) is 2.80. The van der Waals surface area contributed by atoms with Gasteiger partial charge in [0.2, 0.25) is 0 Å². The van der Waals surface area contributed by atoms with Crippen molar-refractivity contribution in [3.05, 3.63) is 38.7 Å². The second kappa shape index (κ2) is 4.21. The molecular formula is C12H13N3O3. The highest BCUT2D eigenvalue weighted by Crippen LogP contribution is 2.08. The summed E-state index contributed by atoms with van der Waals surface area (Å²) in [6.45, 7) is 1.48. The van der Waals surface area contributed by atoms with E-state index in [9.17, 15) is 14.4 Å². The summed E-state index contributed by atoms with van der Waals surface area (Å²) < 4.78 is 2.34. The van der Waals surface area contributed by atoms with Gasteiger partial charge in [0.15, 0.2) is 0 Å². The van der Waals surface area contributed by atoms with E-state index in [1.165, 1.54) is 24.7 Å². The lowest BCUT2D eigenvalue weighted by Crippen LogP contribution is -2.37. The zero-order chi connectivity index (χ0) is 13.4. The standard InChI is InChI=1S/C12H13N3O3/c1-7(16)4-8-5-9-10(13-6-8)14(2)12(18)15(3)11(9)17/h5-6H,4H2,1-3H3. The largest absolute Gasteiger partial charge is 0.332 e. The molecule has 18 heavy (non-hydrogen) atoms. The fraction of sp³-hybridized carbons (Fsp3) is 0.333. The summed E-state index contributed by atoms with van der Waals surface area (Å²) >= 11 is 0. The van der Waals surface area contributed by atoms with Crippen LogP contribution in [0.1, 0.15) is 12.5 Å². The molecule has 0 radical (unpaired) electrons. The van der Waals surface area contributed by atoms with Gasteiger partial charge < -0.3 is 0 Å². The molecule has 0 unspecified atom stereocenters. The van der Waals surface area contributed by atoms with E-state index in [2.05, 4.69) is 4.98 Å². The monoisotopic (exact) mass is 247 g/mol. The van der Waals surface area contributed by atoms with E-state index in [-0.39, 0.29) is 12.2 Å². The van der Waals surface area contributed by atoms with Gasteiger partial charge in [0.05, 0.1) is 5.39 Å². The fourth-order valence-corrected chi connectivity index (χ4v) is 1.89. The Bertz CT molecular complexity index is 755. The molecule has 0 atom stereocenters. The molecule has 0 aliphatic rings. The van der Waals surface area contributed by atoms with Crippen molar-refractivity contribution in [1.82, 2.24) is 14.1 Å². The van der Waals surface area contributed by atoms with Crippen molar-refractivity contribution in [2.24, 2.45) is 14.1 Å². The number of aromatic nitrogens is 3. The number of hydrogen-bond acceptors (Lipinski definition) is 4. The van der Waals surface area contributed by atoms with Crippen molar-refractivity contribution in [3.8, 4) is 0 Å². The van der Waals surface area contributed by atoms with Gasteiger partial charge in [0.1, 0.15) is 11.4 Å². The summed E-state index contributed by atoms with van der Waals surface area (Å²) in [5.74, 6) is -0.00204. The lowest BCUT2D eigenvalue weighted by atomic mass is 10.1. The third kappa shape index (κ3) is 1.85. The molecule has 0 bridgehead atoms. The molecule has 0 fully saturated rings. The summed E-state index contributed by atoms with van der Waals surface area (Å²) in [4.78, 5) is 38.8. The summed E-state index contributed by atoms with van der Waals surface area (Å²) in [6.07, 6.45) is 1.75. The number of Topliss-reactive ketones (excluding diaryl/α,β-unsaturated/α-hetero) is 1. The van der Waals surface area contributed by atoms with Crippen LogP contribution in [0.3, 0.4) is 0 Å². The highest BCUT2D eigenvalue weighted by atomic mass is 16.2. The maximum atomic E-state index is 12.0. The molecule has 2 rings (SSSR count). The van der Waals surface area contributed by atoms with Crippen LogP contribution in [0.15, 0.2) is 21.9 Å². The molecule has 0 saturated carbocycles. The van der Waals surface area contributed by atoms with Crippen LogP contribution >= 0.6 is 0 Å². The average Bonchev–Trinajstić information content (AvgIpc) is 2.33. The number of rotatable bonds is 2. The lowest BCUT2D eigenvalue weighted by Gasteiger charge is -2.07. The van der Waals surface area contributed by atoms with Crippen molar-refractivity contribution >= 4 is 16.8 Å². The number of carbonyl (C=O) groups is 1. The Labute approximate surface area is 103 Å². The van der Waals surface area contributed by atoms with Gasteiger partial charge in [-0.15, -0.1) is 0 Å². The third-order valence-electron chi connectivity index (χ3n) is 2.80. The molecule has 6 heteroatoms. The fourth-order valence-electron chi connectivity index (χ4n) is 1.89. The maximum Gasteiger partial charge on any atom is 0.332 e. The van der Waals surface area contributed by atoms with Gasteiger partial charge >= 0.3 is 5.69 Å². The Morgan fingerprint density at radius 3 is 2.56 bits per heavy atom. The average molecular weight is 247 g/mol. The Hall–Kier alpha value is -2.24. The molecule has 0 aliphatic carbocycles. The number of aryl methyl sites for hydroxylation is 1. The van der Waals surface area contributed by atoms with Crippen molar-refractivity contribution < 1.29 is 4.79 Å². The highest BCUT2D eigenvalue weighted by molar-refractivity contribution is 5.80. The molecule has 2 heterocycles. The highest BCUT2D eigenvalue weighted by Gasteiger charge is 2.10. The number of ketones is 1. The van der Waals surface area contributed by atoms with E-state index >= 15 is 0 Å². The second-order valence-electron chi connectivity index (χ2n) is 4.30. The zero-order valence-corrected chi connectivity index (χ0v) is 10.4. The molecular weight excluding hydrogens is 234 g/mol. The number of pyridine rings is 1. The normalized spacial score (nSPS) is 10.8. The zero-order valence-electron chi connectivity index (χ0n) is 10.4. The van der Waals surface area contributed by atoms with Gasteiger partial charge in [-0.1, -0.05) is 0 Å². The Kier molecular flexibility index (Phi) is 2.86. The second-order valence-corrected chi connectivity index (χ2v) is 4.30. The first-order valence-corrected chi connectivity index (χ1v) is 5.46. The van der Waals surface area contributed by atoms with Crippen LogP contribution in [-0.4, -0.2) is 19.9 Å². The topological polar surface area (TPSA) is 74.0 Å². The molecule has 6 nitrogen and oxygen atoms in total. The smallest absolute Gasteiger partial charge is 0.300 e. The van der Waals surface area contributed by atoms with E-state index in [4.69, 9.17) is 0 Å². The van der Waals surface area contributed by atoms with E-state index in [1.807, 2.05) is 0 Å². The Morgan fingerprint density at radius 1 is 1.28 bits per heavy atom.